The summed E-state index contributed by atoms with van der Waals surface area (Å²) in [7, 11) is 0. The number of hydrogen-bond acceptors (Lipinski definition) is 4. The molecule has 130 valence electrons. The van der Waals surface area contributed by atoms with Crippen molar-refractivity contribution < 1.29 is 4.55 Å². The highest BCUT2D eigenvalue weighted by Gasteiger charge is 2.40. The number of thiophene rings is 1. The molecule has 2 atom stereocenters. The Labute approximate surface area is 160 Å². The smallest absolute Gasteiger partial charge is 0.136 e. The van der Waals surface area contributed by atoms with E-state index in [1.807, 2.05) is 47.6 Å². The molecule has 1 N–H and O–H groups in total. The Morgan fingerprint density at radius 3 is 2.26 bits per heavy atom. The van der Waals surface area contributed by atoms with Crippen molar-refractivity contribution in [2.24, 2.45) is 5.41 Å². The predicted octanol–water partition coefficient (Wildman–Crippen LogP) is 5.76. The van der Waals surface area contributed by atoms with Crippen molar-refractivity contribution in [3.63, 3.8) is 0 Å². The predicted molar refractivity (Wildman–Crippen MR) is 104 cm³/mol. The van der Waals surface area contributed by atoms with Crippen LogP contribution < -0.4 is 4.72 Å². The molecule has 0 aliphatic heterocycles. The van der Waals surface area contributed by atoms with Crippen LogP contribution in [0.2, 0.25) is 5.02 Å². The minimum absolute atomic E-state index is 0.382. The van der Waals surface area contributed by atoms with Crippen LogP contribution in [0, 0.1) is 16.7 Å². The lowest BCUT2D eigenvalue weighted by molar-refractivity contribution is 0.325. The van der Waals surface area contributed by atoms with E-state index < -0.39 is 22.3 Å². The van der Waals surface area contributed by atoms with Crippen LogP contribution in [0.25, 0.3) is 0 Å². The lowest BCUT2D eigenvalue weighted by Gasteiger charge is -2.35. The molecule has 0 aliphatic rings. The van der Waals surface area contributed by atoms with Gasteiger partial charge in [0.05, 0.1) is 25.8 Å². The Balaban J connectivity index is 3.15. The van der Waals surface area contributed by atoms with Gasteiger partial charge >= 0.3 is 0 Å². The molecule has 1 heterocycles. The van der Waals surface area contributed by atoms with Crippen LogP contribution in [0.15, 0.2) is 9.85 Å². The quantitative estimate of drug-likeness (QED) is 0.573. The van der Waals surface area contributed by atoms with Gasteiger partial charge < -0.3 is 4.55 Å². The van der Waals surface area contributed by atoms with Crippen LogP contribution in [0.5, 0.6) is 0 Å². The van der Waals surface area contributed by atoms with Crippen molar-refractivity contribution in [1.82, 2.24) is 4.72 Å². The summed E-state index contributed by atoms with van der Waals surface area (Å²) in [6.07, 6.45) is 1.35. The fourth-order valence-electron chi connectivity index (χ4n) is 1.90. The zero-order chi connectivity index (χ0) is 18.1. The summed E-state index contributed by atoms with van der Waals surface area (Å²) in [5.41, 5.74) is -0.993. The van der Waals surface area contributed by atoms with Gasteiger partial charge in [0.25, 0.3) is 0 Å². The van der Waals surface area contributed by atoms with E-state index in [0.717, 1.165) is 8.66 Å². The van der Waals surface area contributed by atoms with Crippen molar-refractivity contribution in [3.05, 3.63) is 19.8 Å². The monoisotopic (exact) mass is 438 g/mol. The van der Waals surface area contributed by atoms with Crippen LogP contribution in [-0.4, -0.2) is 9.30 Å². The van der Waals surface area contributed by atoms with Crippen molar-refractivity contribution in [1.29, 1.82) is 5.26 Å². The van der Waals surface area contributed by atoms with Gasteiger partial charge in [-0.2, -0.15) is 5.26 Å². The fourth-order valence-corrected chi connectivity index (χ4v) is 5.14. The van der Waals surface area contributed by atoms with E-state index in [0.29, 0.717) is 17.9 Å². The highest BCUT2D eigenvalue weighted by atomic mass is 79.9. The molecular formula is C16H24BrClN2OS2. The summed E-state index contributed by atoms with van der Waals surface area (Å²) in [4.78, 5) is 0.942. The second kappa shape index (κ2) is 7.63. The Morgan fingerprint density at radius 2 is 1.87 bits per heavy atom. The first-order valence-corrected chi connectivity index (χ1v) is 10.5. The van der Waals surface area contributed by atoms with Gasteiger partial charge in [-0.15, -0.1) is 16.1 Å². The normalized spacial score (nSPS) is 16.7. The molecule has 1 aromatic heterocycles. The average molecular weight is 440 g/mol. The Morgan fingerprint density at radius 1 is 1.30 bits per heavy atom. The minimum Gasteiger partial charge on any atom is -0.598 e. The van der Waals surface area contributed by atoms with Crippen molar-refractivity contribution in [2.75, 3.05) is 0 Å². The number of halogens is 2. The highest BCUT2D eigenvalue weighted by molar-refractivity contribution is 9.11. The molecule has 1 unspecified atom stereocenters. The maximum atomic E-state index is 12.7. The molecule has 0 amide bonds. The van der Waals surface area contributed by atoms with Gasteiger partial charge in [0.15, 0.2) is 0 Å². The van der Waals surface area contributed by atoms with Crippen molar-refractivity contribution in [2.45, 2.75) is 64.7 Å². The van der Waals surface area contributed by atoms with Gasteiger partial charge in [0.1, 0.15) is 4.75 Å². The molecule has 0 radical (unpaired) electrons. The van der Waals surface area contributed by atoms with Crippen molar-refractivity contribution >= 4 is 50.2 Å². The van der Waals surface area contributed by atoms with E-state index in [9.17, 15) is 9.81 Å². The van der Waals surface area contributed by atoms with Crippen molar-refractivity contribution in [3.8, 4) is 6.07 Å². The molecule has 0 fully saturated rings. The number of rotatable bonds is 6. The van der Waals surface area contributed by atoms with E-state index in [2.05, 4.69) is 26.7 Å². The molecule has 0 saturated heterocycles. The van der Waals surface area contributed by atoms with E-state index in [-0.39, 0.29) is 4.75 Å². The second-order valence-corrected chi connectivity index (χ2v) is 12.3. The van der Waals surface area contributed by atoms with Crippen LogP contribution in [0.4, 0.5) is 0 Å². The maximum absolute atomic E-state index is 12.7. The van der Waals surface area contributed by atoms with Gasteiger partial charge in [0, 0.05) is 16.2 Å². The summed E-state index contributed by atoms with van der Waals surface area (Å²) in [6, 6.07) is 4.18. The molecule has 3 nitrogen and oxygen atoms in total. The molecule has 1 rings (SSSR count). The first-order valence-electron chi connectivity index (χ1n) is 7.37. The molecule has 0 aromatic carbocycles. The van der Waals surface area contributed by atoms with Gasteiger partial charge in [-0.3, -0.25) is 0 Å². The van der Waals surface area contributed by atoms with Crippen LogP contribution >= 0.6 is 38.9 Å². The molecule has 23 heavy (non-hydrogen) atoms. The first kappa shape index (κ1) is 21.3. The van der Waals surface area contributed by atoms with Crippen LogP contribution in [-0.2, 0) is 16.9 Å². The highest BCUT2D eigenvalue weighted by Crippen LogP contribution is 2.43. The molecule has 0 saturated carbocycles. The topological polar surface area (TPSA) is 58.9 Å². The van der Waals surface area contributed by atoms with E-state index in [1.54, 1.807) is 0 Å². The summed E-state index contributed by atoms with van der Waals surface area (Å²) in [6.45, 7) is 11.6. The van der Waals surface area contributed by atoms with E-state index in [1.165, 1.54) is 11.3 Å². The number of nitrogens with one attached hydrogen (secondary N) is 1. The summed E-state index contributed by atoms with van der Waals surface area (Å²) in [5, 5.41) is 9.92. The van der Waals surface area contributed by atoms with Gasteiger partial charge in [-0.05, 0) is 76.4 Å². The van der Waals surface area contributed by atoms with Gasteiger partial charge in [-0.1, -0.05) is 11.6 Å². The third-order valence-corrected chi connectivity index (χ3v) is 7.65. The zero-order valence-corrected chi connectivity index (χ0v) is 18.4. The average Bonchev–Trinajstić information content (AvgIpc) is 2.75. The summed E-state index contributed by atoms with van der Waals surface area (Å²) in [5.74, 6) is 0. The second-order valence-electron chi connectivity index (χ2n) is 7.54. The van der Waals surface area contributed by atoms with Gasteiger partial charge in [-0.25, -0.2) is 0 Å². The molecule has 0 aliphatic carbocycles. The number of hydrogen-bond donors (Lipinski definition) is 1. The molecular weight excluding hydrogens is 416 g/mol. The Kier molecular flexibility index (Phi) is 7.06. The molecule has 7 heteroatoms. The van der Waals surface area contributed by atoms with Crippen LogP contribution in [0.3, 0.4) is 0 Å². The Hall–Kier alpha value is 0.230. The third kappa shape index (κ3) is 5.91. The number of nitriles is 1. The zero-order valence-electron chi connectivity index (χ0n) is 14.4. The van der Waals surface area contributed by atoms with Crippen LogP contribution in [0.1, 0.15) is 59.3 Å². The third-order valence-electron chi connectivity index (χ3n) is 3.58. The maximum Gasteiger partial charge on any atom is 0.136 e. The lowest BCUT2D eigenvalue weighted by Crippen LogP contribution is -2.50. The summed E-state index contributed by atoms with van der Waals surface area (Å²) >= 11 is 10.2. The first-order chi connectivity index (χ1) is 10.3. The molecule has 1 aromatic rings. The summed E-state index contributed by atoms with van der Waals surface area (Å²) < 4.78 is 16.5. The van der Waals surface area contributed by atoms with E-state index in [4.69, 9.17) is 11.6 Å². The Bertz CT molecular complexity index is 592. The fraction of sp³-hybridized carbons (Fsp3) is 0.688. The standard InChI is InChI=1S/C16H24BrClN2OS2/c1-14(2,3)23(21)20-16(6,8-7-15(4,5)10-19)13-11(18)9-12(17)22-13/h9,20H,7-8H2,1-6H3/t16-,23?/m0/s1. The largest absolute Gasteiger partial charge is 0.598 e. The molecule has 0 spiro atoms. The molecule has 0 bridgehead atoms. The minimum atomic E-state index is -1.24. The van der Waals surface area contributed by atoms with Gasteiger partial charge in [0.2, 0.25) is 0 Å². The van der Waals surface area contributed by atoms with E-state index >= 15 is 0 Å². The number of nitrogens with zero attached hydrogens (tertiary/aromatic N) is 1. The SMILES string of the molecule is CC(C)(C#N)CC[C@](C)(N[S+]([O-])C(C)(C)C)c1sc(Br)cc1Cl. The lowest BCUT2D eigenvalue weighted by atomic mass is 9.83.